The summed E-state index contributed by atoms with van der Waals surface area (Å²) in [5.41, 5.74) is 1.06. The number of carbonyl (C=O) groups excluding carboxylic acids is 1. The Morgan fingerprint density at radius 3 is 2.81 bits per heavy atom. The van der Waals surface area contributed by atoms with Gasteiger partial charge in [-0.3, -0.25) is 10.1 Å². The van der Waals surface area contributed by atoms with Gasteiger partial charge < -0.3 is 5.32 Å². The van der Waals surface area contributed by atoms with Crippen molar-refractivity contribution < 1.29 is 13.6 Å². The summed E-state index contributed by atoms with van der Waals surface area (Å²) in [6, 6.07) is -0.825. The van der Waals surface area contributed by atoms with E-state index in [9.17, 15) is 13.6 Å². The second-order valence-electron chi connectivity index (χ2n) is 5.43. The minimum absolute atomic E-state index is 0. The summed E-state index contributed by atoms with van der Waals surface area (Å²) < 4.78 is 26.1. The summed E-state index contributed by atoms with van der Waals surface area (Å²) in [6.45, 7) is -0.431. The average molecular weight is 338 g/mol. The second-order valence-corrected chi connectivity index (χ2v) is 6.52. The second kappa shape index (κ2) is 6.54. The van der Waals surface area contributed by atoms with Crippen molar-refractivity contribution in [2.45, 2.75) is 50.5 Å². The summed E-state index contributed by atoms with van der Waals surface area (Å²) in [7, 11) is 0. The van der Waals surface area contributed by atoms with Gasteiger partial charge >= 0.3 is 0 Å². The van der Waals surface area contributed by atoms with E-state index in [1.165, 1.54) is 22.6 Å². The highest BCUT2D eigenvalue weighted by Gasteiger charge is 2.42. The van der Waals surface area contributed by atoms with Crippen LogP contribution in [0.2, 0.25) is 0 Å². The highest BCUT2D eigenvalue weighted by Crippen LogP contribution is 2.30. The summed E-state index contributed by atoms with van der Waals surface area (Å²) in [5, 5.41) is 5.77. The van der Waals surface area contributed by atoms with Crippen LogP contribution in [-0.4, -0.2) is 29.4 Å². The minimum atomic E-state index is -2.79. The molecule has 0 radical (unpaired) electrons. The maximum Gasteiger partial charge on any atom is 0.262 e. The number of anilines is 1. The van der Waals surface area contributed by atoms with Gasteiger partial charge in [-0.05, 0) is 25.7 Å². The number of hydrogen-bond donors (Lipinski definition) is 2. The fourth-order valence-electron chi connectivity index (χ4n) is 2.68. The lowest BCUT2D eigenvalue weighted by Gasteiger charge is -2.09. The minimum Gasteiger partial charge on any atom is -0.301 e. The lowest BCUT2D eigenvalue weighted by atomic mass is 10.2. The van der Waals surface area contributed by atoms with Crippen LogP contribution in [0.1, 0.15) is 36.3 Å². The van der Waals surface area contributed by atoms with Crippen molar-refractivity contribution in [3.63, 3.8) is 0 Å². The fourth-order valence-corrected chi connectivity index (χ4v) is 3.73. The van der Waals surface area contributed by atoms with Gasteiger partial charge in [-0.1, -0.05) is 6.42 Å². The van der Waals surface area contributed by atoms with E-state index in [1.807, 2.05) is 0 Å². The van der Waals surface area contributed by atoms with Crippen LogP contribution in [0.4, 0.5) is 13.9 Å². The van der Waals surface area contributed by atoms with Gasteiger partial charge in [-0.25, -0.2) is 13.8 Å². The molecule has 3 rings (SSSR count). The van der Waals surface area contributed by atoms with Crippen LogP contribution >= 0.6 is 23.7 Å². The first-order chi connectivity index (χ1) is 9.53. The zero-order chi connectivity index (χ0) is 14.2. The van der Waals surface area contributed by atoms with Crippen LogP contribution in [0.3, 0.4) is 0 Å². The number of thiazole rings is 1. The molecule has 0 aromatic carbocycles. The van der Waals surface area contributed by atoms with Crippen LogP contribution < -0.4 is 10.6 Å². The molecular weight excluding hydrogens is 320 g/mol. The number of carbonyl (C=O) groups is 1. The van der Waals surface area contributed by atoms with Crippen molar-refractivity contribution in [3.05, 3.63) is 10.6 Å². The summed E-state index contributed by atoms with van der Waals surface area (Å²) in [5.74, 6) is -3.20. The fraction of sp³-hybridized carbons (Fsp3) is 0.692. The average Bonchev–Trinajstić information content (AvgIpc) is 2.86. The topological polar surface area (TPSA) is 54.0 Å². The zero-order valence-corrected chi connectivity index (χ0v) is 13.1. The smallest absolute Gasteiger partial charge is 0.262 e. The number of nitrogens with one attached hydrogen (secondary N) is 2. The molecule has 21 heavy (non-hydrogen) atoms. The SMILES string of the molecule is Cl.O=C(Nc1nc2c(s1)CCCCC2)C1CC(F)(F)CN1. The quantitative estimate of drug-likeness (QED) is 0.816. The number of halogens is 3. The molecule has 1 aromatic heterocycles. The van der Waals surface area contributed by atoms with Gasteiger partial charge in [0.1, 0.15) is 0 Å². The largest absolute Gasteiger partial charge is 0.301 e. The molecular formula is C13H18ClF2N3OS. The number of amides is 1. The molecule has 1 aromatic rings. The molecule has 0 saturated carbocycles. The third-order valence-electron chi connectivity index (χ3n) is 3.75. The molecule has 2 N–H and O–H groups in total. The first-order valence-corrected chi connectivity index (χ1v) is 7.76. The van der Waals surface area contributed by atoms with Crippen molar-refractivity contribution in [1.82, 2.24) is 10.3 Å². The Balaban J connectivity index is 0.00000161. The van der Waals surface area contributed by atoms with E-state index in [4.69, 9.17) is 0 Å². The van der Waals surface area contributed by atoms with Crippen LogP contribution in [0.25, 0.3) is 0 Å². The van der Waals surface area contributed by atoms with E-state index in [0.29, 0.717) is 5.13 Å². The van der Waals surface area contributed by atoms with Gasteiger partial charge in [0, 0.05) is 11.3 Å². The molecule has 118 valence electrons. The molecule has 1 unspecified atom stereocenters. The van der Waals surface area contributed by atoms with Crippen molar-refractivity contribution in [2.75, 3.05) is 11.9 Å². The molecule has 1 amide bonds. The molecule has 2 heterocycles. The molecule has 1 aliphatic carbocycles. The lowest BCUT2D eigenvalue weighted by Crippen LogP contribution is -2.35. The first-order valence-electron chi connectivity index (χ1n) is 6.94. The Labute approximate surface area is 132 Å². The van der Waals surface area contributed by atoms with Gasteiger partial charge in [0.15, 0.2) is 5.13 Å². The van der Waals surface area contributed by atoms with Crippen molar-refractivity contribution in [3.8, 4) is 0 Å². The van der Waals surface area contributed by atoms with E-state index < -0.39 is 30.8 Å². The Hall–Kier alpha value is -0.790. The van der Waals surface area contributed by atoms with E-state index in [1.54, 1.807) is 0 Å². The molecule has 1 fully saturated rings. The van der Waals surface area contributed by atoms with Crippen molar-refractivity contribution >= 4 is 34.8 Å². The Morgan fingerprint density at radius 2 is 2.10 bits per heavy atom. The molecule has 2 aliphatic rings. The standard InChI is InChI=1S/C13H17F2N3OS.ClH/c14-13(15)6-9(16-7-13)11(19)18-12-17-8-4-2-1-3-5-10(8)20-12;/h9,16H,1-7H2,(H,17,18,19);1H. The molecule has 0 spiro atoms. The van der Waals surface area contributed by atoms with Gasteiger partial charge in [0.25, 0.3) is 5.92 Å². The van der Waals surface area contributed by atoms with Gasteiger partial charge in [-0.15, -0.1) is 23.7 Å². The predicted octanol–water partition coefficient (Wildman–Crippen LogP) is 2.77. The number of fused-ring (bicyclic) bond motifs is 1. The maximum atomic E-state index is 13.1. The molecule has 1 aliphatic heterocycles. The monoisotopic (exact) mass is 337 g/mol. The van der Waals surface area contributed by atoms with E-state index in [-0.39, 0.29) is 12.4 Å². The first kappa shape index (κ1) is 16.6. The van der Waals surface area contributed by atoms with Gasteiger partial charge in [0.05, 0.1) is 18.3 Å². The molecule has 1 saturated heterocycles. The third-order valence-corrected chi connectivity index (χ3v) is 4.82. The number of nitrogens with zero attached hydrogens (tertiary/aromatic N) is 1. The van der Waals surface area contributed by atoms with Gasteiger partial charge in [0.2, 0.25) is 5.91 Å². The number of hydrogen-bond acceptors (Lipinski definition) is 4. The van der Waals surface area contributed by atoms with Crippen LogP contribution in [0.5, 0.6) is 0 Å². The number of rotatable bonds is 2. The van der Waals surface area contributed by atoms with E-state index >= 15 is 0 Å². The Morgan fingerprint density at radius 1 is 1.33 bits per heavy atom. The van der Waals surface area contributed by atoms with Crippen LogP contribution in [0, 0.1) is 0 Å². The molecule has 1 atom stereocenters. The maximum absolute atomic E-state index is 13.1. The molecule has 8 heteroatoms. The van der Waals surface area contributed by atoms with Crippen LogP contribution in [-0.2, 0) is 17.6 Å². The molecule has 4 nitrogen and oxygen atoms in total. The summed E-state index contributed by atoms with van der Waals surface area (Å²) in [6.07, 6.45) is 5.00. The van der Waals surface area contributed by atoms with E-state index in [2.05, 4.69) is 15.6 Å². The summed E-state index contributed by atoms with van der Waals surface area (Å²) in [4.78, 5) is 17.6. The van der Waals surface area contributed by atoms with E-state index in [0.717, 1.165) is 31.4 Å². The zero-order valence-electron chi connectivity index (χ0n) is 11.5. The number of aromatic nitrogens is 1. The van der Waals surface area contributed by atoms with Gasteiger partial charge in [-0.2, -0.15) is 0 Å². The Bertz CT molecular complexity index is 500. The predicted molar refractivity (Wildman–Crippen MR) is 80.6 cm³/mol. The third kappa shape index (κ3) is 3.90. The number of aryl methyl sites for hydroxylation is 2. The Kier molecular flexibility index (Phi) is 5.16. The lowest BCUT2D eigenvalue weighted by molar-refractivity contribution is -0.118. The molecule has 0 bridgehead atoms. The van der Waals surface area contributed by atoms with Crippen molar-refractivity contribution in [1.29, 1.82) is 0 Å². The van der Waals surface area contributed by atoms with Crippen molar-refractivity contribution in [2.24, 2.45) is 0 Å². The summed E-state index contributed by atoms with van der Waals surface area (Å²) >= 11 is 1.48. The van der Waals surface area contributed by atoms with Crippen LogP contribution in [0.15, 0.2) is 0 Å². The highest BCUT2D eigenvalue weighted by atomic mass is 35.5. The normalized spacial score (nSPS) is 23.8. The highest BCUT2D eigenvalue weighted by molar-refractivity contribution is 7.15. The number of alkyl halides is 2.